The minimum Gasteiger partial charge on any atom is -0.319 e. The van der Waals surface area contributed by atoms with Gasteiger partial charge in [-0.1, -0.05) is 60.7 Å². The maximum atomic E-state index is 14.5. The summed E-state index contributed by atoms with van der Waals surface area (Å²) < 4.78 is 14.5. The Labute approximate surface area is 179 Å². The van der Waals surface area contributed by atoms with Gasteiger partial charge in [0, 0.05) is 0 Å². The number of para-hydroxylation sites is 1. The fraction of sp³-hybridized carbons (Fsp3) is 0.160. The Hall–Kier alpha value is -3.80. The van der Waals surface area contributed by atoms with Crippen LogP contribution in [-0.2, 0) is 9.59 Å². The van der Waals surface area contributed by atoms with Crippen molar-refractivity contribution < 1.29 is 18.8 Å². The summed E-state index contributed by atoms with van der Waals surface area (Å²) >= 11 is 0. The molecule has 3 aromatic rings. The molecule has 0 spiro atoms. The number of amides is 3. The minimum atomic E-state index is -1.03. The molecule has 1 fully saturated rings. The summed E-state index contributed by atoms with van der Waals surface area (Å²) in [5.74, 6) is -2.19. The maximum Gasteiger partial charge on any atom is 0.258 e. The third kappa shape index (κ3) is 3.84. The second kappa shape index (κ2) is 8.52. The lowest BCUT2D eigenvalue weighted by molar-refractivity contribution is -0.122. The largest absolute Gasteiger partial charge is 0.319 e. The SMILES string of the molecule is CC(c1ccccc1)N(C(=O)c1ccccc1F)C1CC(=O)N(c2ccccc2)C1=O. The Morgan fingerprint density at radius 1 is 0.935 bits per heavy atom. The highest BCUT2D eigenvalue weighted by molar-refractivity contribution is 6.23. The van der Waals surface area contributed by atoms with Crippen molar-refractivity contribution >= 4 is 23.4 Å². The zero-order chi connectivity index (χ0) is 22.0. The van der Waals surface area contributed by atoms with Gasteiger partial charge in [-0.15, -0.1) is 0 Å². The molecular weight excluding hydrogens is 395 g/mol. The Morgan fingerprint density at radius 2 is 1.52 bits per heavy atom. The average molecular weight is 416 g/mol. The number of carbonyl (C=O) groups is 3. The van der Waals surface area contributed by atoms with Gasteiger partial charge in [-0.3, -0.25) is 14.4 Å². The van der Waals surface area contributed by atoms with Crippen molar-refractivity contribution in [1.82, 2.24) is 4.90 Å². The van der Waals surface area contributed by atoms with E-state index in [2.05, 4.69) is 0 Å². The lowest BCUT2D eigenvalue weighted by Gasteiger charge is -2.33. The Bertz CT molecular complexity index is 1120. The Morgan fingerprint density at radius 3 is 2.16 bits per heavy atom. The van der Waals surface area contributed by atoms with E-state index in [1.165, 1.54) is 23.1 Å². The van der Waals surface area contributed by atoms with E-state index in [1.54, 1.807) is 43.3 Å². The molecule has 1 aliphatic heterocycles. The predicted octanol–water partition coefficient (Wildman–Crippen LogP) is 4.36. The molecule has 31 heavy (non-hydrogen) atoms. The third-order valence-corrected chi connectivity index (χ3v) is 5.51. The van der Waals surface area contributed by atoms with Gasteiger partial charge in [-0.05, 0) is 36.8 Å². The van der Waals surface area contributed by atoms with E-state index in [-0.39, 0.29) is 12.0 Å². The molecule has 3 aromatic carbocycles. The van der Waals surface area contributed by atoms with E-state index in [0.29, 0.717) is 5.69 Å². The molecule has 1 aliphatic rings. The number of hydrogen-bond acceptors (Lipinski definition) is 3. The molecule has 0 radical (unpaired) electrons. The van der Waals surface area contributed by atoms with Crippen LogP contribution in [0.1, 0.15) is 35.3 Å². The number of halogens is 1. The molecule has 5 nitrogen and oxygen atoms in total. The van der Waals surface area contributed by atoms with Gasteiger partial charge >= 0.3 is 0 Å². The molecule has 156 valence electrons. The molecule has 0 N–H and O–H groups in total. The van der Waals surface area contributed by atoms with Gasteiger partial charge in [0.2, 0.25) is 5.91 Å². The normalized spacial score (nSPS) is 17.0. The van der Waals surface area contributed by atoms with Crippen LogP contribution in [0.25, 0.3) is 0 Å². The van der Waals surface area contributed by atoms with Crippen molar-refractivity contribution in [2.45, 2.75) is 25.4 Å². The summed E-state index contributed by atoms with van der Waals surface area (Å²) in [6.45, 7) is 1.77. The zero-order valence-electron chi connectivity index (χ0n) is 16.9. The molecule has 2 atom stereocenters. The zero-order valence-corrected chi connectivity index (χ0v) is 16.9. The van der Waals surface area contributed by atoms with Gasteiger partial charge in [-0.2, -0.15) is 0 Å². The number of rotatable bonds is 5. The van der Waals surface area contributed by atoms with Crippen LogP contribution in [0, 0.1) is 5.82 Å². The van der Waals surface area contributed by atoms with Crippen molar-refractivity contribution in [1.29, 1.82) is 0 Å². The van der Waals surface area contributed by atoms with Gasteiger partial charge in [0.05, 0.1) is 23.7 Å². The summed E-state index contributed by atoms with van der Waals surface area (Å²) in [7, 11) is 0. The first kappa shape index (κ1) is 20.5. The second-order valence-corrected chi connectivity index (χ2v) is 7.40. The van der Waals surface area contributed by atoms with Crippen LogP contribution in [0.3, 0.4) is 0 Å². The van der Waals surface area contributed by atoms with Gasteiger partial charge in [-0.25, -0.2) is 9.29 Å². The van der Waals surface area contributed by atoms with E-state index in [4.69, 9.17) is 0 Å². The summed E-state index contributed by atoms with van der Waals surface area (Å²) in [6.07, 6.45) is -0.162. The van der Waals surface area contributed by atoms with Crippen LogP contribution in [-0.4, -0.2) is 28.7 Å². The summed E-state index contributed by atoms with van der Waals surface area (Å²) in [6, 6.07) is 21.8. The highest BCUT2D eigenvalue weighted by Crippen LogP contribution is 2.32. The molecule has 3 amide bonds. The van der Waals surface area contributed by atoms with Crippen LogP contribution in [0.15, 0.2) is 84.9 Å². The minimum absolute atomic E-state index is 0.135. The molecule has 6 heteroatoms. The molecule has 1 saturated heterocycles. The van der Waals surface area contributed by atoms with Crippen LogP contribution >= 0.6 is 0 Å². The molecule has 1 heterocycles. The molecule has 0 aromatic heterocycles. The first-order valence-electron chi connectivity index (χ1n) is 10.0. The first-order chi connectivity index (χ1) is 15.0. The standard InChI is InChI=1S/C25H21FN2O3/c1-17(18-10-4-2-5-11-18)27(24(30)20-14-8-9-15-21(20)26)22-16-23(29)28(25(22)31)19-12-6-3-7-13-19/h2-15,17,22H,16H2,1H3. The van der Waals surface area contributed by atoms with Gasteiger partial charge in [0.1, 0.15) is 11.9 Å². The molecule has 4 rings (SSSR count). The Balaban J connectivity index is 1.76. The van der Waals surface area contributed by atoms with Crippen molar-refractivity contribution in [2.75, 3.05) is 4.90 Å². The predicted molar refractivity (Wildman–Crippen MR) is 115 cm³/mol. The lowest BCUT2D eigenvalue weighted by atomic mass is 10.0. The Kier molecular flexibility index (Phi) is 5.62. The van der Waals surface area contributed by atoms with Gasteiger partial charge in [0.15, 0.2) is 0 Å². The summed E-state index contributed by atoms with van der Waals surface area (Å²) in [5, 5.41) is 0. The van der Waals surface area contributed by atoms with Crippen LogP contribution in [0.5, 0.6) is 0 Å². The van der Waals surface area contributed by atoms with Crippen LogP contribution < -0.4 is 4.90 Å². The summed E-state index contributed by atoms with van der Waals surface area (Å²) in [4.78, 5) is 42.0. The van der Waals surface area contributed by atoms with E-state index >= 15 is 0 Å². The van der Waals surface area contributed by atoms with E-state index in [1.807, 2.05) is 30.3 Å². The lowest BCUT2D eigenvalue weighted by Crippen LogP contribution is -2.47. The second-order valence-electron chi connectivity index (χ2n) is 7.40. The van der Waals surface area contributed by atoms with Crippen LogP contribution in [0.4, 0.5) is 10.1 Å². The molecular formula is C25H21FN2O3. The summed E-state index contributed by atoms with van der Waals surface area (Å²) in [5.41, 5.74) is 1.10. The molecule has 0 bridgehead atoms. The number of hydrogen-bond donors (Lipinski definition) is 0. The topological polar surface area (TPSA) is 57.7 Å². The average Bonchev–Trinajstić information content (AvgIpc) is 3.08. The van der Waals surface area contributed by atoms with Crippen LogP contribution in [0.2, 0.25) is 0 Å². The molecule has 0 saturated carbocycles. The third-order valence-electron chi connectivity index (χ3n) is 5.51. The molecule has 0 aliphatic carbocycles. The van der Waals surface area contributed by atoms with Gasteiger partial charge < -0.3 is 4.90 Å². The first-order valence-corrected chi connectivity index (χ1v) is 10.0. The van der Waals surface area contributed by atoms with Crippen molar-refractivity contribution in [2.24, 2.45) is 0 Å². The fourth-order valence-electron chi connectivity index (χ4n) is 3.93. The fourth-order valence-corrected chi connectivity index (χ4v) is 3.93. The van der Waals surface area contributed by atoms with Gasteiger partial charge in [0.25, 0.3) is 11.8 Å². The number of imide groups is 1. The molecule has 2 unspecified atom stereocenters. The number of nitrogens with zero attached hydrogens (tertiary/aromatic N) is 2. The maximum absolute atomic E-state index is 14.5. The van der Waals surface area contributed by atoms with E-state index in [0.717, 1.165) is 10.5 Å². The number of anilines is 1. The van der Waals surface area contributed by atoms with Crippen molar-refractivity contribution in [3.63, 3.8) is 0 Å². The number of carbonyl (C=O) groups excluding carboxylic acids is 3. The monoisotopic (exact) mass is 416 g/mol. The van der Waals surface area contributed by atoms with E-state index in [9.17, 15) is 18.8 Å². The van der Waals surface area contributed by atoms with E-state index < -0.39 is 35.6 Å². The number of benzene rings is 3. The van der Waals surface area contributed by atoms with Crippen molar-refractivity contribution in [3.8, 4) is 0 Å². The smallest absolute Gasteiger partial charge is 0.258 e. The van der Waals surface area contributed by atoms with Crippen molar-refractivity contribution in [3.05, 3.63) is 102 Å². The highest BCUT2D eigenvalue weighted by atomic mass is 19.1. The highest BCUT2D eigenvalue weighted by Gasteiger charge is 2.46. The quantitative estimate of drug-likeness (QED) is 0.581.